The first-order chi connectivity index (χ1) is 7.27. The van der Waals surface area contributed by atoms with Crippen LogP contribution in [0, 0.1) is 0 Å². The van der Waals surface area contributed by atoms with Crippen molar-refractivity contribution >= 4 is 5.69 Å². The van der Waals surface area contributed by atoms with Crippen molar-refractivity contribution in [3.05, 3.63) is 28.2 Å². The molecule has 1 aromatic rings. The fourth-order valence-corrected chi connectivity index (χ4v) is 2.37. The molecule has 2 rings (SSSR count). The van der Waals surface area contributed by atoms with E-state index >= 15 is 0 Å². The molecule has 3 nitrogen and oxygen atoms in total. The van der Waals surface area contributed by atoms with E-state index < -0.39 is 0 Å². The highest BCUT2D eigenvalue weighted by Crippen LogP contribution is 2.31. The van der Waals surface area contributed by atoms with Gasteiger partial charge < -0.3 is 10.7 Å². The molecule has 82 valence electrons. The molecule has 0 bridgehead atoms. The summed E-state index contributed by atoms with van der Waals surface area (Å²) in [5, 5.41) is 0. The highest BCUT2D eigenvalue weighted by molar-refractivity contribution is 5.38. The van der Waals surface area contributed by atoms with Crippen molar-refractivity contribution in [1.29, 1.82) is 0 Å². The van der Waals surface area contributed by atoms with E-state index in [-0.39, 0.29) is 5.56 Å². The topological polar surface area (TPSA) is 58.9 Å². The summed E-state index contributed by atoms with van der Waals surface area (Å²) in [7, 11) is 0. The largest absolute Gasteiger partial charge is 0.394 e. The van der Waals surface area contributed by atoms with Crippen molar-refractivity contribution in [2.75, 3.05) is 5.73 Å². The molecule has 1 heterocycles. The molecule has 0 saturated heterocycles. The van der Waals surface area contributed by atoms with Gasteiger partial charge >= 0.3 is 0 Å². The third kappa shape index (κ3) is 2.41. The molecule has 3 N–H and O–H groups in total. The molecule has 0 aromatic carbocycles. The minimum atomic E-state index is -0.174. The van der Waals surface area contributed by atoms with Gasteiger partial charge in [-0.2, -0.15) is 0 Å². The molecule has 0 radical (unpaired) electrons. The van der Waals surface area contributed by atoms with Crippen LogP contribution in [0.1, 0.15) is 50.0 Å². The Labute approximate surface area is 89.7 Å². The molecule has 1 aliphatic carbocycles. The van der Waals surface area contributed by atoms with Gasteiger partial charge in [-0.1, -0.05) is 25.7 Å². The maximum Gasteiger partial charge on any atom is 0.271 e. The average molecular weight is 206 g/mol. The number of nitrogens with two attached hydrogens (primary N) is 1. The predicted molar refractivity (Wildman–Crippen MR) is 61.9 cm³/mol. The SMILES string of the molecule is Nc1cc(C2CCCCCC2)c[nH]c1=O. The third-order valence-electron chi connectivity index (χ3n) is 3.28. The first-order valence-corrected chi connectivity index (χ1v) is 5.75. The monoisotopic (exact) mass is 206 g/mol. The molecule has 3 heteroatoms. The predicted octanol–water partition coefficient (Wildman–Crippen LogP) is 2.39. The number of H-pyrrole nitrogens is 1. The van der Waals surface area contributed by atoms with Crippen LogP contribution in [0.2, 0.25) is 0 Å². The van der Waals surface area contributed by atoms with Crippen LogP contribution >= 0.6 is 0 Å². The minimum Gasteiger partial charge on any atom is -0.394 e. The molecule has 15 heavy (non-hydrogen) atoms. The number of rotatable bonds is 1. The van der Waals surface area contributed by atoms with E-state index in [9.17, 15) is 4.79 Å². The lowest BCUT2D eigenvalue weighted by Crippen LogP contribution is -2.12. The summed E-state index contributed by atoms with van der Waals surface area (Å²) in [5.74, 6) is 0.589. The summed E-state index contributed by atoms with van der Waals surface area (Å²) in [6, 6.07) is 1.84. The normalized spacial score (nSPS) is 18.7. The van der Waals surface area contributed by atoms with Crippen molar-refractivity contribution in [3.63, 3.8) is 0 Å². The number of aromatic amines is 1. The lowest BCUT2D eigenvalue weighted by Gasteiger charge is -2.14. The van der Waals surface area contributed by atoms with Crippen molar-refractivity contribution < 1.29 is 0 Å². The molecular formula is C12H18N2O. The van der Waals surface area contributed by atoms with Gasteiger partial charge in [0, 0.05) is 6.20 Å². The van der Waals surface area contributed by atoms with Gasteiger partial charge in [0.05, 0.1) is 5.69 Å². The van der Waals surface area contributed by atoms with E-state index in [0.29, 0.717) is 11.6 Å². The Balaban J connectivity index is 2.20. The maximum atomic E-state index is 11.1. The van der Waals surface area contributed by atoms with E-state index in [1.165, 1.54) is 44.1 Å². The van der Waals surface area contributed by atoms with E-state index in [1.54, 1.807) is 0 Å². The molecule has 0 atom stereocenters. The van der Waals surface area contributed by atoms with Crippen molar-refractivity contribution in [2.45, 2.75) is 44.4 Å². The third-order valence-corrected chi connectivity index (χ3v) is 3.28. The van der Waals surface area contributed by atoms with Gasteiger partial charge in [-0.05, 0) is 30.4 Å². The summed E-state index contributed by atoms with van der Waals surface area (Å²) < 4.78 is 0. The highest BCUT2D eigenvalue weighted by atomic mass is 16.1. The molecule has 1 saturated carbocycles. The Morgan fingerprint density at radius 3 is 2.47 bits per heavy atom. The molecule has 1 aromatic heterocycles. The number of pyridine rings is 1. The van der Waals surface area contributed by atoms with Crippen molar-refractivity contribution in [2.24, 2.45) is 0 Å². The fraction of sp³-hybridized carbons (Fsp3) is 0.583. The van der Waals surface area contributed by atoms with Crippen LogP contribution in [-0.4, -0.2) is 4.98 Å². The second-order valence-corrected chi connectivity index (χ2v) is 4.41. The highest BCUT2D eigenvalue weighted by Gasteiger charge is 2.14. The lowest BCUT2D eigenvalue weighted by atomic mass is 9.93. The van der Waals surface area contributed by atoms with Crippen molar-refractivity contribution in [3.8, 4) is 0 Å². The van der Waals surface area contributed by atoms with E-state index in [1.807, 2.05) is 12.3 Å². The van der Waals surface area contributed by atoms with Gasteiger partial charge in [0.1, 0.15) is 0 Å². The zero-order chi connectivity index (χ0) is 10.7. The Morgan fingerprint density at radius 1 is 1.20 bits per heavy atom. The molecule has 0 spiro atoms. The number of hydrogen-bond acceptors (Lipinski definition) is 2. The van der Waals surface area contributed by atoms with E-state index in [4.69, 9.17) is 5.73 Å². The number of nitrogen functional groups attached to an aromatic ring is 1. The molecule has 0 aliphatic heterocycles. The smallest absolute Gasteiger partial charge is 0.271 e. The van der Waals surface area contributed by atoms with Crippen LogP contribution in [0.25, 0.3) is 0 Å². The van der Waals surface area contributed by atoms with Gasteiger partial charge in [-0.3, -0.25) is 4.79 Å². The zero-order valence-corrected chi connectivity index (χ0v) is 8.96. The van der Waals surface area contributed by atoms with Crippen LogP contribution in [0.15, 0.2) is 17.1 Å². The summed E-state index contributed by atoms with van der Waals surface area (Å²) in [6.45, 7) is 0. The summed E-state index contributed by atoms with van der Waals surface area (Å²) in [4.78, 5) is 13.8. The quantitative estimate of drug-likeness (QED) is 0.693. The summed E-state index contributed by atoms with van der Waals surface area (Å²) in [6.07, 6.45) is 9.56. The number of nitrogens with one attached hydrogen (secondary N) is 1. The molecular weight excluding hydrogens is 188 g/mol. The fourth-order valence-electron chi connectivity index (χ4n) is 2.37. The Kier molecular flexibility index (Phi) is 3.09. The van der Waals surface area contributed by atoms with E-state index in [0.717, 1.165) is 0 Å². The first-order valence-electron chi connectivity index (χ1n) is 5.75. The van der Waals surface area contributed by atoms with Gasteiger partial charge in [0.25, 0.3) is 5.56 Å². The van der Waals surface area contributed by atoms with Crippen LogP contribution in [0.4, 0.5) is 5.69 Å². The second kappa shape index (κ2) is 4.51. The number of anilines is 1. The number of aromatic nitrogens is 1. The average Bonchev–Trinajstić information content (AvgIpc) is 2.50. The van der Waals surface area contributed by atoms with Crippen molar-refractivity contribution in [1.82, 2.24) is 4.98 Å². The molecule has 1 aliphatic rings. The Bertz CT molecular complexity index is 375. The Hall–Kier alpha value is -1.25. The van der Waals surface area contributed by atoms with Gasteiger partial charge in [-0.25, -0.2) is 0 Å². The van der Waals surface area contributed by atoms with Gasteiger partial charge in [-0.15, -0.1) is 0 Å². The zero-order valence-electron chi connectivity index (χ0n) is 8.96. The van der Waals surface area contributed by atoms with Crippen LogP contribution in [0.5, 0.6) is 0 Å². The number of hydrogen-bond donors (Lipinski definition) is 2. The minimum absolute atomic E-state index is 0.174. The maximum absolute atomic E-state index is 11.1. The standard InChI is InChI=1S/C12H18N2O/c13-11-7-10(8-14-12(11)15)9-5-3-1-2-4-6-9/h7-9H,1-6,13H2,(H,14,15). The first kappa shape index (κ1) is 10.3. The summed E-state index contributed by atoms with van der Waals surface area (Å²) >= 11 is 0. The molecule has 1 fully saturated rings. The molecule has 0 unspecified atom stereocenters. The van der Waals surface area contributed by atoms with Crippen LogP contribution in [0.3, 0.4) is 0 Å². The Morgan fingerprint density at radius 2 is 1.87 bits per heavy atom. The van der Waals surface area contributed by atoms with Gasteiger partial charge in [0.2, 0.25) is 0 Å². The van der Waals surface area contributed by atoms with Crippen LogP contribution in [-0.2, 0) is 0 Å². The summed E-state index contributed by atoms with van der Waals surface area (Å²) in [5.41, 5.74) is 7.00. The second-order valence-electron chi connectivity index (χ2n) is 4.41. The lowest BCUT2D eigenvalue weighted by molar-refractivity contribution is 0.590. The van der Waals surface area contributed by atoms with Crippen LogP contribution < -0.4 is 11.3 Å². The van der Waals surface area contributed by atoms with Gasteiger partial charge in [0.15, 0.2) is 0 Å². The molecule has 0 amide bonds. The van der Waals surface area contributed by atoms with E-state index in [2.05, 4.69) is 4.98 Å².